The number of carbonyl (C=O) groups is 2. The van der Waals surface area contributed by atoms with E-state index in [0.29, 0.717) is 0 Å². The quantitative estimate of drug-likeness (QED) is 0.782. The van der Waals surface area contributed by atoms with Gasteiger partial charge in [-0.15, -0.1) is 0 Å². The monoisotopic (exact) mass is 279 g/mol. The molecule has 1 aliphatic rings. The molecular weight excluding hydrogens is 260 g/mol. The number of alkyl carbamates (subject to hydrolysis) is 1. The van der Waals surface area contributed by atoms with Crippen molar-refractivity contribution in [3.05, 3.63) is 0 Å². The van der Waals surface area contributed by atoms with Crippen LogP contribution in [0.15, 0.2) is 0 Å². The fourth-order valence-electron chi connectivity index (χ4n) is 1.97. The summed E-state index contributed by atoms with van der Waals surface area (Å²) in [6.07, 6.45) is -1.15. The molecular formula is C12H19F2NO4. The first-order valence-corrected chi connectivity index (χ1v) is 6.23. The zero-order valence-corrected chi connectivity index (χ0v) is 11.0. The molecule has 19 heavy (non-hydrogen) atoms. The predicted octanol–water partition coefficient (Wildman–Crippen LogP) is 2.26. The highest BCUT2D eigenvalue weighted by Crippen LogP contribution is 2.42. The molecule has 2 N–H and O–H groups in total. The lowest BCUT2D eigenvalue weighted by Gasteiger charge is -2.34. The summed E-state index contributed by atoms with van der Waals surface area (Å²) in [6.45, 7) is 3.56. The molecule has 0 spiro atoms. The van der Waals surface area contributed by atoms with Gasteiger partial charge in [0.15, 0.2) is 0 Å². The van der Waals surface area contributed by atoms with Crippen molar-refractivity contribution < 1.29 is 28.2 Å². The highest BCUT2D eigenvalue weighted by Gasteiger charge is 2.45. The van der Waals surface area contributed by atoms with Gasteiger partial charge >= 0.3 is 12.1 Å². The third-order valence-electron chi connectivity index (χ3n) is 2.92. The van der Waals surface area contributed by atoms with Crippen LogP contribution in [0.4, 0.5) is 13.6 Å². The van der Waals surface area contributed by atoms with Crippen LogP contribution in [0.5, 0.6) is 0 Å². The third kappa shape index (κ3) is 5.40. The van der Waals surface area contributed by atoms with E-state index in [2.05, 4.69) is 5.32 Å². The standard InChI is InChI=1S/C12H19F2NO4/c1-7(2)3-9(10(16)17)15-11(18)19-6-8-4-12(13,14)5-8/h7-9H,3-6H2,1-2H3,(H,15,18)(H,16,17). The molecule has 0 bridgehead atoms. The second kappa shape index (κ2) is 6.16. The van der Waals surface area contributed by atoms with E-state index in [4.69, 9.17) is 9.84 Å². The third-order valence-corrected chi connectivity index (χ3v) is 2.92. The van der Waals surface area contributed by atoms with E-state index >= 15 is 0 Å². The van der Waals surface area contributed by atoms with E-state index < -0.39 is 24.0 Å². The Morgan fingerprint density at radius 2 is 2.00 bits per heavy atom. The molecule has 0 heterocycles. The summed E-state index contributed by atoms with van der Waals surface area (Å²) in [7, 11) is 0. The number of rotatable bonds is 6. The predicted molar refractivity (Wildman–Crippen MR) is 63.0 cm³/mol. The van der Waals surface area contributed by atoms with Gasteiger partial charge in [0.2, 0.25) is 5.92 Å². The van der Waals surface area contributed by atoms with Gasteiger partial charge in [0, 0.05) is 18.8 Å². The van der Waals surface area contributed by atoms with Gasteiger partial charge in [-0.1, -0.05) is 13.8 Å². The SMILES string of the molecule is CC(C)CC(NC(=O)OCC1CC(F)(F)C1)C(=O)O. The molecule has 5 nitrogen and oxygen atoms in total. The van der Waals surface area contributed by atoms with E-state index in [-0.39, 0.29) is 37.7 Å². The molecule has 0 aromatic heterocycles. The van der Waals surface area contributed by atoms with Crippen molar-refractivity contribution in [2.45, 2.75) is 45.1 Å². The number of halogens is 2. The van der Waals surface area contributed by atoms with E-state index in [9.17, 15) is 18.4 Å². The first-order chi connectivity index (χ1) is 8.69. The molecule has 0 aromatic rings. The minimum atomic E-state index is -2.65. The Morgan fingerprint density at radius 3 is 2.42 bits per heavy atom. The number of carboxylic acid groups (broad SMARTS) is 1. The summed E-state index contributed by atoms with van der Waals surface area (Å²) < 4.78 is 29.8. The Hall–Kier alpha value is -1.40. The highest BCUT2D eigenvalue weighted by molar-refractivity contribution is 5.79. The van der Waals surface area contributed by atoms with Gasteiger partial charge in [-0.2, -0.15) is 0 Å². The Kier molecular flexibility index (Phi) is 5.08. The second-order valence-corrected chi connectivity index (χ2v) is 5.39. The number of nitrogens with one attached hydrogen (secondary N) is 1. The average molecular weight is 279 g/mol. The van der Waals surface area contributed by atoms with Crippen molar-refractivity contribution in [3.8, 4) is 0 Å². The van der Waals surface area contributed by atoms with Crippen molar-refractivity contribution in [1.29, 1.82) is 0 Å². The van der Waals surface area contributed by atoms with E-state index in [0.717, 1.165) is 0 Å². The Bertz CT molecular complexity index is 339. The number of amides is 1. The molecule has 1 atom stereocenters. The maximum atomic E-state index is 12.5. The van der Waals surface area contributed by atoms with Crippen LogP contribution in [0.2, 0.25) is 0 Å². The van der Waals surface area contributed by atoms with Gasteiger partial charge in [0.1, 0.15) is 6.04 Å². The first kappa shape index (κ1) is 15.7. The number of hydrogen-bond donors (Lipinski definition) is 2. The van der Waals surface area contributed by atoms with E-state index in [1.165, 1.54) is 0 Å². The molecule has 0 saturated heterocycles. The van der Waals surface area contributed by atoms with Gasteiger partial charge in [0.25, 0.3) is 0 Å². The van der Waals surface area contributed by atoms with Gasteiger partial charge in [-0.25, -0.2) is 18.4 Å². The van der Waals surface area contributed by atoms with Crippen molar-refractivity contribution in [1.82, 2.24) is 5.32 Å². The molecule has 110 valence electrons. The molecule has 1 aliphatic carbocycles. The fraction of sp³-hybridized carbons (Fsp3) is 0.833. The van der Waals surface area contributed by atoms with E-state index in [1.54, 1.807) is 0 Å². The summed E-state index contributed by atoms with van der Waals surface area (Å²) >= 11 is 0. The minimum Gasteiger partial charge on any atom is -0.480 e. The van der Waals surface area contributed by atoms with Crippen molar-refractivity contribution in [2.75, 3.05) is 6.61 Å². The van der Waals surface area contributed by atoms with Crippen LogP contribution in [0.1, 0.15) is 33.1 Å². The Labute approximate surface area is 110 Å². The first-order valence-electron chi connectivity index (χ1n) is 6.23. The molecule has 1 unspecified atom stereocenters. The van der Waals surface area contributed by atoms with Crippen LogP contribution in [-0.2, 0) is 9.53 Å². The molecule has 0 radical (unpaired) electrons. The van der Waals surface area contributed by atoms with Gasteiger partial charge in [0.05, 0.1) is 6.61 Å². The lowest BCUT2D eigenvalue weighted by Crippen LogP contribution is -2.44. The Morgan fingerprint density at radius 1 is 1.42 bits per heavy atom. The number of alkyl halides is 2. The smallest absolute Gasteiger partial charge is 0.407 e. The average Bonchev–Trinajstić information content (AvgIpc) is 2.21. The number of hydrogen-bond acceptors (Lipinski definition) is 3. The number of ether oxygens (including phenoxy) is 1. The normalized spacial score (nSPS) is 19.6. The molecule has 7 heteroatoms. The Balaban J connectivity index is 2.27. The zero-order valence-electron chi connectivity index (χ0n) is 11.0. The van der Waals surface area contributed by atoms with Crippen molar-refractivity contribution in [2.24, 2.45) is 11.8 Å². The van der Waals surface area contributed by atoms with Crippen molar-refractivity contribution >= 4 is 12.1 Å². The summed E-state index contributed by atoms with van der Waals surface area (Å²) in [4.78, 5) is 22.3. The van der Waals surface area contributed by atoms with Crippen LogP contribution in [0, 0.1) is 11.8 Å². The minimum absolute atomic E-state index is 0.102. The van der Waals surface area contributed by atoms with Gasteiger partial charge in [-0.05, 0) is 12.3 Å². The van der Waals surface area contributed by atoms with Crippen LogP contribution in [-0.4, -0.2) is 35.7 Å². The summed E-state index contributed by atoms with van der Waals surface area (Å²) in [6, 6.07) is -1.02. The van der Waals surface area contributed by atoms with Crippen LogP contribution >= 0.6 is 0 Å². The topological polar surface area (TPSA) is 75.6 Å². The second-order valence-electron chi connectivity index (χ2n) is 5.39. The lowest BCUT2D eigenvalue weighted by molar-refractivity contribution is -0.139. The molecule has 1 saturated carbocycles. The van der Waals surface area contributed by atoms with Crippen LogP contribution < -0.4 is 5.32 Å². The molecule has 1 amide bonds. The number of carbonyl (C=O) groups excluding carboxylic acids is 1. The van der Waals surface area contributed by atoms with Gasteiger partial charge in [-0.3, -0.25) is 0 Å². The lowest BCUT2D eigenvalue weighted by atomic mass is 9.82. The summed E-state index contributed by atoms with van der Waals surface area (Å²) in [5.41, 5.74) is 0. The largest absolute Gasteiger partial charge is 0.480 e. The zero-order chi connectivity index (χ0) is 14.6. The maximum absolute atomic E-state index is 12.5. The van der Waals surface area contributed by atoms with E-state index in [1.807, 2.05) is 13.8 Å². The van der Waals surface area contributed by atoms with Crippen molar-refractivity contribution in [3.63, 3.8) is 0 Å². The number of carboxylic acids is 1. The molecule has 1 rings (SSSR count). The van der Waals surface area contributed by atoms with Crippen LogP contribution in [0.3, 0.4) is 0 Å². The highest BCUT2D eigenvalue weighted by atomic mass is 19.3. The summed E-state index contributed by atoms with van der Waals surface area (Å²) in [5, 5.41) is 11.1. The number of aliphatic carboxylic acids is 1. The summed E-state index contributed by atoms with van der Waals surface area (Å²) in [5.74, 6) is -4.02. The fourth-order valence-corrected chi connectivity index (χ4v) is 1.97. The molecule has 0 aromatic carbocycles. The molecule has 0 aliphatic heterocycles. The van der Waals surface area contributed by atoms with Crippen LogP contribution in [0.25, 0.3) is 0 Å². The maximum Gasteiger partial charge on any atom is 0.407 e. The molecule has 1 fully saturated rings. The van der Waals surface area contributed by atoms with Gasteiger partial charge < -0.3 is 15.2 Å².